The van der Waals surface area contributed by atoms with Crippen molar-refractivity contribution in [2.24, 2.45) is 11.8 Å². The van der Waals surface area contributed by atoms with Gasteiger partial charge >= 0.3 is 6.09 Å². The van der Waals surface area contributed by atoms with Crippen molar-refractivity contribution in [1.82, 2.24) is 4.90 Å². The van der Waals surface area contributed by atoms with Gasteiger partial charge in [0.2, 0.25) is 5.91 Å². The van der Waals surface area contributed by atoms with E-state index in [1.54, 1.807) is 12.0 Å². The first-order chi connectivity index (χ1) is 14.2. The number of hydrogen-bond donors (Lipinski definition) is 0. The number of amides is 2. The van der Waals surface area contributed by atoms with Crippen LogP contribution in [0.2, 0.25) is 0 Å². The molecule has 1 aromatic carbocycles. The van der Waals surface area contributed by atoms with Gasteiger partial charge in [-0.2, -0.15) is 0 Å². The molecule has 0 N–H and O–H groups in total. The SMILES string of the molecule is COc1ccc(N(C(=O)CC2CCN(C(=O)OC(C)(C)C)CC2)C(C)C2CC2)cc1. The molecular weight excluding hydrogens is 380 g/mol. The van der Waals surface area contributed by atoms with Gasteiger partial charge in [0.15, 0.2) is 0 Å². The maximum atomic E-state index is 13.3. The van der Waals surface area contributed by atoms with Gasteiger partial charge < -0.3 is 19.3 Å². The maximum Gasteiger partial charge on any atom is 0.410 e. The van der Waals surface area contributed by atoms with Crippen LogP contribution in [0, 0.1) is 11.8 Å². The third-order valence-electron chi connectivity index (χ3n) is 6.06. The van der Waals surface area contributed by atoms with Crippen LogP contribution in [0.15, 0.2) is 24.3 Å². The van der Waals surface area contributed by atoms with Crippen molar-refractivity contribution in [3.63, 3.8) is 0 Å². The average Bonchev–Trinajstić information content (AvgIpc) is 3.53. The highest BCUT2D eigenvalue weighted by atomic mass is 16.6. The molecule has 1 aromatic rings. The fourth-order valence-corrected chi connectivity index (χ4v) is 4.13. The highest BCUT2D eigenvalue weighted by Crippen LogP contribution is 2.38. The topological polar surface area (TPSA) is 59.1 Å². The zero-order chi connectivity index (χ0) is 21.9. The van der Waals surface area contributed by atoms with E-state index in [0.717, 1.165) is 24.3 Å². The molecule has 1 saturated heterocycles. The summed E-state index contributed by atoms with van der Waals surface area (Å²) in [5.41, 5.74) is 0.452. The molecule has 2 fully saturated rings. The van der Waals surface area contributed by atoms with Gasteiger partial charge in [0, 0.05) is 31.2 Å². The Hall–Kier alpha value is -2.24. The first-order valence-corrected chi connectivity index (χ1v) is 11.1. The monoisotopic (exact) mass is 416 g/mol. The summed E-state index contributed by atoms with van der Waals surface area (Å²) in [6.07, 6.45) is 4.31. The minimum atomic E-state index is -0.484. The van der Waals surface area contributed by atoms with Crippen LogP contribution in [0.4, 0.5) is 10.5 Å². The van der Waals surface area contributed by atoms with E-state index in [0.29, 0.717) is 31.3 Å². The fraction of sp³-hybridized carbons (Fsp3) is 0.667. The van der Waals surface area contributed by atoms with E-state index in [2.05, 4.69) is 6.92 Å². The Morgan fingerprint density at radius 1 is 1.10 bits per heavy atom. The van der Waals surface area contributed by atoms with E-state index in [4.69, 9.17) is 9.47 Å². The van der Waals surface area contributed by atoms with Crippen LogP contribution in [0.3, 0.4) is 0 Å². The van der Waals surface area contributed by atoms with Gasteiger partial charge in [-0.3, -0.25) is 4.79 Å². The first-order valence-electron chi connectivity index (χ1n) is 11.1. The summed E-state index contributed by atoms with van der Waals surface area (Å²) < 4.78 is 10.7. The summed E-state index contributed by atoms with van der Waals surface area (Å²) in [7, 11) is 1.65. The molecule has 3 rings (SSSR count). The second-order valence-electron chi connectivity index (χ2n) is 9.65. The van der Waals surface area contributed by atoms with Crippen molar-refractivity contribution < 1.29 is 19.1 Å². The molecule has 2 amide bonds. The smallest absolute Gasteiger partial charge is 0.410 e. The van der Waals surface area contributed by atoms with E-state index >= 15 is 0 Å². The maximum absolute atomic E-state index is 13.3. The molecule has 0 radical (unpaired) electrons. The highest BCUT2D eigenvalue weighted by molar-refractivity contribution is 5.94. The summed E-state index contributed by atoms with van der Waals surface area (Å²) in [5, 5.41) is 0. The van der Waals surface area contributed by atoms with Crippen LogP contribution in [-0.4, -0.2) is 48.7 Å². The Morgan fingerprint density at radius 3 is 2.20 bits per heavy atom. The molecule has 2 aliphatic rings. The van der Waals surface area contributed by atoms with Crippen LogP contribution < -0.4 is 9.64 Å². The molecule has 0 spiro atoms. The van der Waals surface area contributed by atoms with Crippen molar-refractivity contribution in [1.29, 1.82) is 0 Å². The van der Waals surface area contributed by atoms with Crippen LogP contribution in [-0.2, 0) is 9.53 Å². The lowest BCUT2D eigenvalue weighted by Crippen LogP contribution is -2.44. The number of benzene rings is 1. The third-order valence-corrected chi connectivity index (χ3v) is 6.06. The number of carbonyl (C=O) groups is 2. The second kappa shape index (κ2) is 9.27. The molecule has 1 atom stereocenters. The van der Waals surface area contributed by atoms with Gasteiger partial charge in [-0.25, -0.2) is 4.79 Å². The van der Waals surface area contributed by atoms with Crippen molar-refractivity contribution >= 4 is 17.7 Å². The lowest BCUT2D eigenvalue weighted by atomic mass is 9.92. The summed E-state index contributed by atoms with van der Waals surface area (Å²) in [5.74, 6) is 1.85. The zero-order valence-electron chi connectivity index (χ0n) is 19.0. The van der Waals surface area contributed by atoms with Gasteiger partial charge in [0.05, 0.1) is 7.11 Å². The van der Waals surface area contributed by atoms with Crippen molar-refractivity contribution in [2.75, 3.05) is 25.1 Å². The fourth-order valence-electron chi connectivity index (χ4n) is 4.13. The quantitative estimate of drug-likeness (QED) is 0.664. The van der Waals surface area contributed by atoms with Crippen molar-refractivity contribution in [2.45, 2.75) is 71.4 Å². The number of hydrogen-bond acceptors (Lipinski definition) is 4. The predicted molar refractivity (Wildman–Crippen MR) is 118 cm³/mol. The number of methoxy groups -OCH3 is 1. The van der Waals surface area contributed by atoms with E-state index in [1.807, 2.05) is 49.9 Å². The first kappa shape index (κ1) is 22.4. The Labute approximate surface area is 180 Å². The van der Waals surface area contributed by atoms with E-state index in [-0.39, 0.29) is 18.0 Å². The number of carbonyl (C=O) groups excluding carboxylic acids is 2. The molecule has 1 aliphatic carbocycles. The van der Waals surface area contributed by atoms with Crippen LogP contribution >= 0.6 is 0 Å². The molecule has 1 aliphatic heterocycles. The van der Waals surface area contributed by atoms with Gasteiger partial charge in [0.1, 0.15) is 11.4 Å². The summed E-state index contributed by atoms with van der Waals surface area (Å²) >= 11 is 0. The lowest BCUT2D eigenvalue weighted by molar-refractivity contribution is -0.120. The molecule has 1 unspecified atom stereocenters. The van der Waals surface area contributed by atoms with Crippen LogP contribution in [0.1, 0.15) is 59.8 Å². The van der Waals surface area contributed by atoms with Gasteiger partial charge in [-0.05, 0) is 89.5 Å². The number of anilines is 1. The normalized spacial score (nSPS) is 18.6. The van der Waals surface area contributed by atoms with Crippen molar-refractivity contribution in [3.8, 4) is 5.75 Å². The summed E-state index contributed by atoms with van der Waals surface area (Å²) in [6, 6.07) is 7.97. The molecule has 0 bridgehead atoms. The molecule has 166 valence electrons. The number of likely N-dealkylation sites (tertiary alicyclic amines) is 1. The van der Waals surface area contributed by atoms with E-state index in [9.17, 15) is 9.59 Å². The molecule has 0 aromatic heterocycles. The molecule has 6 heteroatoms. The number of ether oxygens (including phenoxy) is 2. The molecule has 6 nitrogen and oxygen atoms in total. The van der Waals surface area contributed by atoms with E-state index in [1.165, 1.54) is 12.8 Å². The summed E-state index contributed by atoms with van der Waals surface area (Å²) in [6.45, 7) is 9.09. The van der Waals surface area contributed by atoms with Crippen molar-refractivity contribution in [3.05, 3.63) is 24.3 Å². The molecule has 1 saturated carbocycles. The highest BCUT2D eigenvalue weighted by Gasteiger charge is 2.36. The molecule has 1 heterocycles. The Kier molecular flexibility index (Phi) is 6.94. The van der Waals surface area contributed by atoms with Crippen LogP contribution in [0.5, 0.6) is 5.75 Å². The van der Waals surface area contributed by atoms with Gasteiger partial charge in [0.25, 0.3) is 0 Å². The number of rotatable bonds is 6. The number of nitrogens with zero attached hydrogens (tertiary/aromatic N) is 2. The lowest BCUT2D eigenvalue weighted by Gasteiger charge is -2.35. The Morgan fingerprint density at radius 2 is 1.70 bits per heavy atom. The molecular formula is C24H36N2O4. The molecule has 30 heavy (non-hydrogen) atoms. The number of piperidine rings is 1. The minimum absolute atomic E-state index is 0.176. The summed E-state index contributed by atoms with van der Waals surface area (Å²) in [4.78, 5) is 29.4. The Balaban J connectivity index is 1.60. The average molecular weight is 417 g/mol. The predicted octanol–water partition coefficient (Wildman–Crippen LogP) is 4.86. The van der Waals surface area contributed by atoms with Gasteiger partial charge in [-0.15, -0.1) is 0 Å². The largest absolute Gasteiger partial charge is 0.497 e. The second-order valence-corrected chi connectivity index (χ2v) is 9.65. The zero-order valence-corrected chi connectivity index (χ0v) is 19.0. The van der Waals surface area contributed by atoms with Crippen LogP contribution in [0.25, 0.3) is 0 Å². The van der Waals surface area contributed by atoms with Gasteiger partial charge in [-0.1, -0.05) is 0 Å². The minimum Gasteiger partial charge on any atom is -0.497 e. The Bertz CT molecular complexity index is 729. The third kappa shape index (κ3) is 5.89. The van der Waals surface area contributed by atoms with E-state index < -0.39 is 5.60 Å². The standard InChI is InChI=1S/C24H36N2O4/c1-17(19-6-7-19)26(20-8-10-21(29-5)11-9-20)22(27)16-18-12-14-25(15-13-18)23(28)30-24(2,3)4/h8-11,17-19H,6-7,12-16H2,1-5H3.